The summed E-state index contributed by atoms with van der Waals surface area (Å²) in [6, 6.07) is 0. The van der Waals surface area contributed by atoms with Crippen LogP contribution in [0.5, 0.6) is 0 Å². The van der Waals surface area contributed by atoms with Crippen molar-refractivity contribution < 1.29 is 4.79 Å². The first kappa shape index (κ1) is 8.03. The van der Waals surface area contributed by atoms with Crippen molar-refractivity contribution in [3.8, 4) is 0 Å². The summed E-state index contributed by atoms with van der Waals surface area (Å²) in [5.41, 5.74) is 7.21. The Kier molecular flexibility index (Phi) is 3.54. The van der Waals surface area contributed by atoms with Gasteiger partial charge in [-0.15, -0.1) is 0 Å². The third-order valence-electron chi connectivity index (χ3n) is 0.421. The lowest BCUT2D eigenvalue weighted by Crippen LogP contribution is -2.24. The fourth-order valence-corrected chi connectivity index (χ4v) is 0.240. The highest BCUT2D eigenvalue weighted by Crippen LogP contribution is 1.61. The summed E-state index contributed by atoms with van der Waals surface area (Å²) in [6.45, 7) is 1.38. The smallest absolute Gasteiger partial charge is 0.184 e. The molecule has 0 aliphatic heterocycles. The Bertz CT molecular complexity index is 154. The monoisotopic (exact) mass is 145 g/mol. The van der Waals surface area contributed by atoms with Gasteiger partial charge < -0.3 is 5.73 Å². The molecule has 0 aliphatic rings. The number of ketones is 1. The standard InChI is InChI=1S/C4H7N3OS/c1-3(8)2-6-7-4(5)9/h2H,1H3,(H3,5,7,9)/b6-2+. The van der Waals surface area contributed by atoms with E-state index in [4.69, 9.17) is 5.73 Å². The van der Waals surface area contributed by atoms with Crippen molar-refractivity contribution in [1.29, 1.82) is 0 Å². The van der Waals surface area contributed by atoms with Gasteiger partial charge >= 0.3 is 0 Å². The molecule has 0 aromatic rings. The molecule has 0 amide bonds. The second-order valence-corrected chi connectivity index (χ2v) is 1.78. The lowest BCUT2D eigenvalue weighted by molar-refractivity contribution is -0.110. The van der Waals surface area contributed by atoms with Gasteiger partial charge in [0, 0.05) is 6.92 Å². The van der Waals surface area contributed by atoms with E-state index in [-0.39, 0.29) is 10.9 Å². The molecule has 0 rings (SSSR count). The summed E-state index contributed by atoms with van der Waals surface area (Å²) in [5, 5.41) is 3.43. The maximum atomic E-state index is 10.2. The normalized spacial score (nSPS) is 9.44. The first-order valence-corrected chi connectivity index (χ1v) is 2.63. The van der Waals surface area contributed by atoms with E-state index in [1.165, 1.54) is 6.92 Å². The zero-order valence-electron chi connectivity index (χ0n) is 4.92. The Balaban J connectivity index is 3.48. The molecule has 0 spiro atoms. The number of carbonyl (C=O) groups excluding carboxylic acids is 1. The highest BCUT2D eigenvalue weighted by Gasteiger charge is 1.81. The number of hydrazone groups is 1. The minimum atomic E-state index is -0.154. The maximum Gasteiger partial charge on any atom is 0.184 e. The van der Waals surface area contributed by atoms with Crippen molar-refractivity contribution in [3.05, 3.63) is 0 Å². The minimum Gasteiger partial charge on any atom is -0.375 e. The molecule has 0 aromatic heterocycles. The van der Waals surface area contributed by atoms with Gasteiger partial charge in [-0.3, -0.25) is 10.2 Å². The predicted octanol–water partition coefficient (Wildman–Crippen LogP) is -0.606. The summed E-state index contributed by atoms with van der Waals surface area (Å²) in [5.74, 6) is -0.154. The van der Waals surface area contributed by atoms with Gasteiger partial charge in [0.05, 0.1) is 6.21 Å². The molecule has 0 bridgehead atoms. The molecular weight excluding hydrogens is 138 g/mol. The second kappa shape index (κ2) is 3.96. The molecule has 9 heavy (non-hydrogen) atoms. The summed E-state index contributed by atoms with van der Waals surface area (Å²) >= 11 is 4.39. The zero-order valence-corrected chi connectivity index (χ0v) is 5.73. The van der Waals surface area contributed by atoms with Gasteiger partial charge in [-0.2, -0.15) is 5.10 Å². The molecular formula is C4H7N3OS. The van der Waals surface area contributed by atoms with Crippen molar-refractivity contribution in [2.24, 2.45) is 10.8 Å². The van der Waals surface area contributed by atoms with Gasteiger partial charge in [-0.25, -0.2) is 0 Å². The molecule has 0 atom stereocenters. The number of hydrogen-bond acceptors (Lipinski definition) is 3. The number of carbonyl (C=O) groups is 1. The number of nitrogens with two attached hydrogens (primary N) is 1. The molecule has 0 aromatic carbocycles. The van der Waals surface area contributed by atoms with Gasteiger partial charge in [0.1, 0.15) is 0 Å². The first-order valence-electron chi connectivity index (χ1n) is 2.22. The van der Waals surface area contributed by atoms with E-state index in [2.05, 4.69) is 22.7 Å². The highest BCUT2D eigenvalue weighted by atomic mass is 32.1. The van der Waals surface area contributed by atoms with Gasteiger partial charge in [0.2, 0.25) is 0 Å². The Morgan fingerprint density at radius 1 is 1.89 bits per heavy atom. The number of rotatable bonds is 2. The van der Waals surface area contributed by atoms with Crippen molar-refractivity contribution in [1.82, 2.24) is 5.43 Å². The fourth-order valence-electron chi connectivity index (χ4n) is 0.187. The highest BCUT2D eigenvalue weighted by molar-refractivity contribution is 7.80. The molecule has 0 saturated carbocycles. The van der Waals surface area contributed by atoms with Gasteiger partial charge in [-0.1, -0.05) is 0 Å². The van der Waals surface area contributed by atoms with Crippen LogP contribution in [0.3, 0.4) is 0 Å². The zero-order chi connectivity index (χ0) is 7.28. The van der Waals surface area contributed by atoms with Crippen LogP contribution in [0.15, 0.2) is 5.10 Å². The Labute approximate surface area is 58.1 Å². The molecule has 50 valence electrons. The van der Waals surface area contributed by atoms with Crippen LogP contribution in [0.4, 0.5) is 0 Å². The van der Waals surface area contributed by atoms with Crippen LogP contribution in [0.2, 0.25) is 0 Å². The lowest BCUT2D eigenvalue weighted by Gasteiger charge is -1.89. The van der Waals surface area contributed by atoms with Crippen LogP contribution in [0.1, 0.15) is 6.92 Å². The summed E-state index contributed by atoms with van der Waals surface area (Å²) < 4.78 is 0. The fraction of sp³-hybridized carbons (Fsp3) is 0.250. The van der Waals surface area contributed by atoms with Crippen LogP contribution < -0.4 is 11.2 Å². The molecule has 0 aliphatic carbocycles. The molecule has 0 radical (unpaired) electrons. The molecule has 0 unspecified atom stereocenters. The number of hydrogen-bond donors (Lipinski definition) is 2. The number of nitrogens with zero attached hydrogens (tertiary/aromatic N) is 1. The molecule has 0 fully saturated rings. The average Bonchev–Trinajstić information content (AvgIpc) is 1.63. The van der Waals surface area contributed by atoms with Gasteiger partial charge in [-0.05, 0) is 12.2 Å². The van der Waals surface area contributed by atoms with Crippen LogP contribution in [-0.4, -0.2) is 17.1 Å². The van der Waals surface area contributed by atoms with E-state index in [1.807, 2.05) is 0 Å². The van der Waals surface area contributed by atoms with Crippen molar-refractivity contribution >= 4 is 29.3 Å². The first-order chi connectivity index (χ1) is 4.13. The van der Waals surface area contributed by atoms with Crippen LogP contribution in [0, 0.1) is 0 Å². The van der Waals surface area contributed by atoms with Crippen LogP contribution in [-0.2, 0) is 4.79 Å². The molecule has 3 N–H and O–H groups in total. The second-order valence-electron chi connectivity index (χ2n) is 1.34. The lowest BCUT2D eigenvalue weighted by atomic mass is 10.5. The Morgan fingerprint density at radius 3 is 2.78 bits per heavy atom. The number of nitrogens with one attached hydrogen (secondary N) is 1. The van der Waals surface area contributed by atoms with E-state index in [9.17, 15) is 4.79 Å². The summed E-state index contributed by atoms with van der Waals surface area (Å²) in [4.78, 5) is 10.2. The molecule has 5 heteroatoms. The maximum absolute atomic E-state index is 10.2. The van der Waals surface area contributed by atoms with E-state index in [0.717, 1.165) is 6.21 Å². The summed E-state index contributed by atoms with van der Waals surface area (Å²) in [7, 11) is 0. The van der Waals surface area contributed by atoms with Gasteiger partial charge in [0.25, 0.3) is 0 Å². The molecule has 4 nitrogen and oxygen atoms in total. The SMILES string of the molecule is CC(=O)/C=N/NC(N)=S. The third-order valence-corrected chi connectivity index (χ3v) is 0.512. The number of Topliss-reactive ketones (excluding diaryl/α,β-unsaturated/α-hetero) is 1. The topological polar surface area (TPSA) is 67.5 Å². The van der Waals surface area contributed by atoms with Crippen molar-refractivity contribution in [3.63, 3.8) is 0 Å². The van der Waals surface area contributed by atoms with Crippen LogP contribution in [0.25, 0.3) is 0 Å². The van der Waals surface area contributed by atoms with E-state index in [0.29, 0.717) is 0 Å². The minimum absolute atomic E-state index is 0.0486. The summed E-state index contributed by atoms with van der Waals surface area (Å²) in [6.07, 6.45) is 1.10. The van der Waals surface area contributed by atoms with Crippen molar-refractivity contribution in [2.75, 3.05) is 0 Å². The van der Waals surface area contributed by atoms with Gasteiger partial charge in [0.15, 0.2) is 10.9 Å². The van der Waals surface area contributed by atoms with E-state index >= 15 is 0 Å². The van der Waals surface area contributed by atoms with E-state index < -0.39 is 0 Å². The van der Waals surface area contributed by atoms with Crippen molar-refractivity contribution in [2.45, 2.75) is 6.92 Å². The Hall–Kier alpha value is -0.970. The number of thiocarbonyl (C=S) groups is 1. The van der Waals surface area contributed by atoms with E-state index in [1.54, 1.807) is 0 Å². The third kappa shape index (κ3) is 7.03. The largest absolute Gasteiger partial charge is 0.375 e. The predicted molar refractivity (Wildman–Crippen MR) is 39.1 cm³/mol. The Morgan fingerprint density at radius 2 is 2.44 bits per heavy atom. The quantitative estimate of drug-likeness (QED) is 0.309. The van der Waals surface area contributed by atoms with Crippen LogP contribution >= 0.6 is 12.2 Å². The molecule has 0 saturated heterocycles. The molecule has 0 heterocycles. The average molecular weight is 145 g/mol.